The van der Waals surface area contributed by atoms with Gasteiger partial charge >= 0.3 is 0 Å². The van der Waals surface area contributed by atoms with E-state index in [4.69, 9.17) is 4.74 Å². The van der Waals surface area contributed by atoms with Crippen LogP contribution in [-0.2, 0) is 9.53 Å². The molecule has 0 aromatic heterocycles. The van der Waals surface area contributed by atoms with Crippen LogP contribution in [0.25, 0.3) is 0 Å². The van der Waals surface area contributed by atoms with E-state index in [0.29, 0.717) is 6.61 Å². The highest BCUT2D eigenvalue weighted by Crippen LogP contribution is 2.01. The van der Waals surface area contributed by atoms with Gasteiger partial charge in [0.2, 0.25) is 5.91 Å². The third kappa shape index (κ3) is 6.58. The molecule has 3 nitrogen and oxygen atoms in total. The lowest BCUT2D eigenvalue weighted by Gasteiger charge is -2.10. The molecule has 0 aliphatic heterocycles. The molecule has 0 heterocycles. The number of ether oxygens (including phenoxy) is 1. The molecule has 0 saturated carbocycles. The van der Waals surface area contributed by atoms with Crippen LogP contribution in [0.1, 0.15) is 33.1 Å². The summed E-state index contributed by atoms with van der Waals surface area (Å²) < 4.78 is 4.91. The van der Waals surface area contributed by atoms with Crippen LogP contribution < -0.4 is 5.32 Å². The zero-order chi connectivity index (χ0) is 10.1. The molecule has 0 bridgehead atoms. The molecule has 1 unspecified atom stereocenters. The van der Waals surface area contributed by atoms with E-state index in [9.17, 15) is 4.79 Å². The molecule has 0 saturated heterocycles. The predicted octanol–water partition coefficient (Wildman–Crippen LogP) is 1.58. The fraction of sp³-hybridized carbons (Fsp3) is 0.900. The van der Waals surface area contributed by atoms with Crippen molar-refractivity contribution in [1.82, 2.24) is 5.32 Å². The molecule has 3 heteroatoms. The van der Waals surface area contributed by atoms with Gasteiger partial charge in [0.15, 0.2) is 0 Å². The largest absolute Gasteiger partial charge is 0.385 e. The molecule has 0 aliphatic rings. The summed E-state index contributed by atoms with van der Waals surface area (Å²) in [4.78, 5) is 11.4. The Kier molecular flexibility index (Phi) is 7.69. The summed E-state index contributed by atoms with van der Waals surface area (Å²) in [6, 6.07) is 0. The SMILES string of the molecule is CCCCNC(=O)C(C)CCOC. The quantitative estimate of drug-likeness (QED) is 0.614. The standard InChI is InChI=1S/C10H21NO2/c1-4-5-7-11-10(12)9(2)6-8-13-3/h9H,4-8H2,1-3H3,(H,11,12). The van der Waals surface area contributed by atoms with Crippen molar-refractivity contribution in [3.05, 3.63) is 0 Å². The lowest BCUT2D eigenvalue weighted by molar-refractivity contribution is -0.125. The average molecular weight is 187 g/mol. The van der Waals surface area contributed by atoms with Gasteiger partial charge in [-0.3, -0.25) is 4.79 Å². The van der Waals surface area contributed by atoms with E-state index < -0.39 is 0 Å². The van der Waals surface area contributed by atoms with E-state index >= 15 is 0 Å². The van der Waals surface area contributed by atoms with Crippen LogP contribution in [0.4, 0.5) is 0 Å². The average Bonchev–Trinajstić information content (AvgIpc) is 2.14. The van der Waals surface area contributed by atoms with Crippen LogP contribution in [0.15, 0.2) is 0 Å². The van der Waals surface area contributed by atoms with E-state index in [-0.39, 0.29) is 11.8 Å². The first-order valence-electron chi connectivity index (χ1n) is 4.99. The monoisotopic (exact) mass is 187 g/mol. The lowest BCUT2D eigenvalue weighted by Crippen LogP contribution is -2.30. The summed E-state index contributed by atoms with van der Waals surface area (Å²) in [5.74, 6) is 0.210. The first-order valence-corrected chi connectivity index (χ1v) is 4.99. The lowest BCUT2D eigenvalue weighted by atomic mass is 10.1. The number of hydrogen-bond donors (Lipinski definition) is 1. The number of amides is 1. The summed E-state index contributed by atoms with van der Waals surface area (Å²) in [6.07, 6.45) is 2.98. The minimum atomic E-state index is 0.0665. The van der Waals surface area contributed by atoms with Crippen LogP contribution in [-0.4, -0.2) is 26.2 Å². The van der Waals surface area contributed by atoms with E-state index in [0.717, 1.165) is 25.8 Å². The number of methoxy groups -OCH3 is 1. The van der Waals surface area contributed by atoms with Gasteiger partial charge in [0.05, 0.1) is 0 Å². The van der Waals surface area contributed by atoms with Crippen molar-refractivity contribution in [3.63, 3.8) is 0 Å². The summed E-state index contributed by atoms with van der Waals surface area (Å²) in [7, 11) is 1.65. The second-order valence-electron chi connectivity index (χ2n) is 3.33. The Hall–Kier alpha value is -0.570. The van der Waals surface area contributed by atoms with Gasteiger partial charge in [-0.2, -0.15) is 0 Å². The molecule has 78 valence electrons. The second kappa shape index (κ2) is 8.05. The maximum absolute atomic E-state index is 11.4. The van der Waals surface area contributed by atoms with Gasteiger partial charge in [-0.05, 0) is 12.8 Å². The van der Waals surface area contributed by atoms with Crippen molar-refractivity contribution < 1.29 is 9.53 Å². The van der Waals surface area contributed by atoms with Crippen molar-refractivity contribution in [2.24, 2.45) is 5.92 Å². The predicted molar refractivity (Wildman–Crippen MR) is 53.6 cm³/mol. The van der Waals surface area contributed by atoms with Crippen LogP contribution >= 0.6 is 0 Å². The molecule has 0 radical (unpaired) electrons. The molecule has 1 N–H and O–H groups in total. The Balaban J connectivity index is 3.45. The van der Waals surface area contributed by atoms with Gasteiger partial charge in [0, 0.05) is 26.2 Å². The second-order valence-corrected chi connectivity index (χ2v) is 3.33. The fourth-order valence-electron chi connectivity index (χ4n) is 0.988. The summed E-state index contributed by atoms with van der Waals surface area (Å²) in [5, 5.41) is 2.90. The zero-order valence-electron chi connectivity index (χ0n) is 8.93. The Morgan fingerprint density at radius 2 is 2.23 bits per heavy atom. The van der Waals surface area contributed by atoms with Crippen LogP contribution in [0.2, 0.25) is 0 Å². The van der Waals surface area contributed by atoms with Gasteiger partial charge in [0.25, 0.3) is 0 Å². The zero-order valence-corrected chi connectivity index (χ0v) is 8.93. The molecule has 0 aromatic carbocycles. The number of rotatable bonds is 7. The fourth-order valence-corrected chi connectivity index (χ4v) is 0.988. The molecular weight excluding hydrogens is 166 g/mol. The van der Waals surface area contributed by atoms with Crippen molar-refractivity contribution >= 4 is 5.91 Å². The molecule has 0 fully saturated rings. The number of hydrogen-bond acceptors (Lipinski definition) is 2. The van der Waals surface area contributed by atoms with E-state index in [1.54, 1.807) is 7.11 Å². The Morgan fingerprint density at radius 3 is 2.77 bits per heavy atom. The first kappa shape index (κ1) is 12.4. The van der Waals surface area contributed by atoms with Gasteiger partial charge in [0.1, 0.15) is 0 Å². The highest BCUT2D eigenvalue weighted by Gasteiger charge is 2.10. The first-order chi connectivity index (χ1) is 6.22. The molecule has 13 heavy (non-hydrogen) atoms. The van der Waals surface area contributed by atoms with Crippen molar-refractivity contribution in [2.45, 2.75) is 33.1 Å². The van der Waals surface area contributed by atoms with E-state index in [1.807, 2.05) is 6.92 Å². The van der Waals surface area contributed by atoms with Crippen LogP contribution in [0.5, 0.6) is 0 Å². The molecule has 1 atom stereocenters. The van der Waals surface area contributed by atoms with Gasteiger partial charge < -0.3 is 10.1 Å². The smallest absolute Gasteiger partial charge is 0.222 e. The topological polar surface area (TPSA) is 38.3 Å². The van der Waals surface area contributed by atoms with Crippen molar-refractivity contribution in [3.8, 4) is 0 Å². The van der Waals surface area contributed by atoms with Gasteiger partial charge in [-0.25, -0.2) is 0 Å². The summed E-state index contributed by atoms with van der Waals surface area (Å²) in [6.45, 7) is 5.50. The van der Waals surface area contributed by atoms with E-state index in [2.05, 4.69) is 12.2 Å². The summed E-state index contributed by atoms with van der Waals surface area (Å²) >= 11 is 0. The molecule has 0 aromatic rings. The molecule has 0 aliphatic carbocycles. The number of carbonyl (C=O) groups excluding carboxylic acids is 1. The summed E-state index contributed by atoms with van der Waals surface area (Å²) in [5.41, 5.74) is 0. The van der Waals surface area contributed by atoms with Crippen LogP contribution in [0.3, 0.4) is 0 Å². The van der Waals surface area contributed by atoms with Crippen molar-refractivity contribution in [2.75, 3.05) is 20.3 Å². The highest BCUT2D eigenvalue weighted by atomic mass is 16.5. The Morgan fingerprint density at radius 1 is 1.54 bits per heavy atom. The van der Waals surface area contributed by atoms with Crippen molar-refractivity contribution in [1.29, 1.82) is 0 Å². The molecule has 0 rings (SSSR count). The highest BCUT2D eigenvalue weighted by molar-refractivity contribution is 5.78. The van der Waals surface area contributed by atoms with Gasteiger partial charge in [-0.1, -0.05) is 20.3 Å². The maximum atomic E-state index is 11.4. The molecule has 1 amide bonds. The van der Waals surface area contributed by atoms with E-state index in [1.165, 1.54) is 0 Å². The molecule has 0 spiro atoms. The third-order valence-corrected chi connectivity index (χ3v) is 2.03. The van der Waals surface area contributed by atoms with Crippen LogP contribution in [0, 0.1) is 5.92 Å². The van der Waals surface area contributed by atoms with Gasteiger partial charge in [-0.15, -0.1) is 0 Å². The molecular formula is C10H21NO2. The minimum absolute atomic E-state index is 0.0665. The number of nitrogens with one attached hydrogen (secondary N) is 1. The third-order valence-electron chi connectivity index (χ3n) is 2.03. The Labute approximate surface area is 80.8 Å². The minimum Gasteiger partial charge on any atom is -0.385 e. The normalized spacial score (nSPS) is 12.5. The number of carbonyl (C=O) groups is 1. The maximum Gasteiger partial charge on any atom is 0.222 e. The Bertz CT molecular complexity index is 137. The number of unbranched alkanes of at least 4 members (excludes halogenated alkanes) is 1.